The van der Waals surface area contributed by atoms with Gasteiger partial charge in [-0.15, -0.1) is 12.6 Å². The molecule has 0 aromatic heterocycles. The van der Waals surface area contributed by atoms with Gasteiger partial charge in [0.25, 0.3) is 0 Å². The van der Waals surface area contributed by atoms with E-state index in [0.29, 0.717) is 10.5 Å². The molecule has 1 atom stereocenters. The van der Waals surface area contributed by atoms with Gasteiger partial charge >= 0.3 is 0 Å². The fourth-order valence-electron chi connectivity index (χ4n) is 0.919. The molecule has 1 unspecified atom stereocenters. The van der Waals surface area contributed by atoms with E-state index in [4.69, 9.17) is 0 Å². The van der Waals surface area contributed by atoms with Gasteiger partial charge in [0.05, 0.1) is 0 Å². The van der Waals surface area contributed by atoms with E-state index in [1.165, 1.54) is 6.07 Å². The van der Waals surface area contributed by atoms with Crippen molar-refractivity contribution in [3.8, 4) is 0 Å². The number of alkyl halides is 1. The Bertz CT molecular complexity index is 240. The SMILES string of the molecule is CC(Br)c1c(F)cccc1S. The van der Waals surface area contributed by atoms with Gasteiger partial charge in [0.15, 0.2) is 0 Å². The molecule has 0 saturated heterocycles. The van der Waals surface area contributed by atoms with Crippen LogP contribution in [-0.2, 0) is 0 Å². The Labute approximate surface area is 79.3 Å². The molecule has 0 aliphatic carbocycles. The van der Waals surface area contributed by atoms with Crippen LogP contribution in [0.5, 0.6) is 0 Å². The molecule has 0 bridgehead atoms. The van der Waals surface area contributed by atoms with Crippen molar-refractivity contribution in [3.05, 3.63) is 29.6 Å². The van der Waals surface area contributed by atoms with Gasteiger partial charge in [0.1, 0.15) is 5.82 Å². The molecule has 3 heteroatoms. The predicted molar refractivity (Wildman–Crippen MR) is 51.0 cm³/mol. The van der Waals surface area contributed by atoms with Crippen molar-refractivity contribution in [2.45, 2.75) is 16.6 Å². The number of rotatable bonds is 1. The lowest BCUT2D eigenvalue weighted by Crippen LogP contribution is -1.91. The van der Waals surface area contributed by atoms with Crippen molar-refractivity contribution in [2.75, 3.05) is 0 Å². The third-order valence-corrected chi connectivity index (χ3v) is 2.28. The summed E-state index contributed by atoms with van der Waals surface area (Å²) in [5, 5.41) is 0. The first kappa shape index (κ1) is 9.07. The molecule has 0 saturated carbocycles. The molecule has 0 heterocycles. The maximum Gasteiger partial charge on any atom is 0.128 e. The van der Waals surface area contributed by atoms with Gasteiger partial charge in [0, 0.05) is 15.3 Å². The van der Waals surface area contributed by atoms with Crippen LogP contribution in [-0.4, -0.2) is 0 Å². The smallest absolute Gasteiger partial charge is 0.128 e. The Morgan fingerprint density at radius 1 is 1.55 bits per heavy atom. The van der Waals surface area contributed by atoms with Crippen LogP contribution in [0.4, 0.5) is 4.39 Å². The minimum absolute atomic E-state index is 0.0104. The Morgan fingerprint density at radius 2 is 2.18 bits per heavy atom. The molecule has 0 radical (unpaired) electrons. The van der Waals surface area contributed by atoms with Crippen LogP contribution in [0, 0.1) is 5.82 Å². The summed E-state index contributed by atoms with van der Waals surface area (Å²) in [6, 6.07) is 4.86. The second-order valence-corrected chi connectivity index (χ2v) is 4.14. The third-order valence-electron chi connectivity index (χ3n) is 1.43. The van der Waals surface area contributed by atoms with E-state index in [1.807, 2.05) is 6.92 Å². The molecule has 0 fully saturated rings. The van der Waals surface area contributed by atoms with Crippen molar-refractivity contribution >= 4 is 28.6 Å². The third kappa shape index (κ3) is 1.97. The minimum Gasteiger partial charge on any atom is -0.207 e. The maximum atomic E-state index is 13.0. The lowest BCUT2D eigenvalue weighted by Gasteiger charge is -2.07. The van der Waals surface area contributed by atoms with Gasteiger partial charge in [0.2, 0.25) is 0 Å². The summed E-state index contributed by atoms with van der Waals surface area (Å²) in [5.74, 6) is -0.207. The van der Waals surface area contributed by atoms with Gasteiger partial charge in [-0.25, -0.2) is 4.39 Å². The zero-order valence-electron chi connectivity index (χ0n) is 6.01. The van der Waals surface area contributed by atoms with Gasteiger partial charge < -0.3 is 0 Å². The van der Waals surface area contributed by atoms with Gasteiger partial charge in [-0.3, -0.25) is 0 Å². The monoisotopic (exact) mass is 234 g/mol. The van der Waals surface area contributed by atoms with Crippen LogP contribution in [0.25, 0.3) is 0 Å². The summed E-state index contributed by atoms with van der Waals surface area (Å²) in [4.78, 5) is 0.700. The first-order valence-corrected chi connectivity index (χ1v) is 4.60. The maximum absolute atomic E-state index is 13.0. The normalized spacial score (nSPS) is 13.1. The summed E-state index contributed by atoms with van der Waals surface area (Å²) in [6.07, 6.45) is 0. The number of benzene rings is 1. The number of thiol groups is 1. The zero-order chi connectivity index (χ0) is 8.43. The van der Waals surface area contributed by atoms with Crippen molar-refractivity contribution in [1.29, 1.82) is 0 Å². The number of halogens is 2. The highest BCUT2D eigenvalue weighted by molar-refractivity contribution is 9.09. The summed E-state index contributed by atoms with van der Waals surface area (Å²) in [5.41, 5.74) is 0.621. The topological polar surface area (TPSA) is 0 Å². The highest BCUT2D eigenvalue weighted by Gasteiger charge is 2.09. The predicted octanol–water partition coefficient (Wildman–Crippen LogP) is 3.57. The Balaban J connectivity index is 3.21. The van der Waals surface area contributed by atoms with E-state index in [2.05, 4.69) is 28.6 Å². The zero-order valence-corrected chi connectivity index (χ0v) is 8.49. The second-order valence-electron chi connectivity index (χ2n) is 2.29. The minimum atomic E-state index is -0.207. The van der Waals surface area contributed by atoms with Gasteiger partial charge in [-0.1, -0.05) is 22.0 Å². The highest BCUT2D eigenvalue weighted by atomic mass is 79.9. The largest absolute Gasteiger partial charge is 0.207 e. The molecule has 1 aromatic rings. The van der Waals surface area contributed by atoms with Crippen molar-refractivity contribution in [3.63, 3.8) is 0 Å². The molecule has 0 amide bonds. The molecule has 0 nitrogen and oxygen atoms in total. The van der Waals surface area contributed by atoms with E-state index >= 15 is 0 Å². The highest BCUT2D eigenvalue weighted by Crippen LogP contribution is 2.29. The summed E-state index contributed by atoms with van der Waals surface area (Å²) >= 11 is 7.43. The Morgan fingerprint density at radius 3 is 2.55 bits per heavy atom. The van der Waals surface area contributed by atoms with Crippen LogP contribution < -0.4 is 0 Å². The van der Waals surface area contributed by atoms with Crippen molar-refractivity contribution < 1.29 is 4.39 Å². The van der Waals surface area contributed by atoms with Crippen LogP contribution in [0.1, 0.15) is 17.3 Å². The average molecular weight is 235 g/mol. The molecular weight excluding hydrogens is 227 g/mol. The molecule has 0 aliphatic heterocycles. The molecule has 0 aliphatic rings. The first-order chi connectivity index (χ1) is 5.13. The molecule has 0 spiro atoms. The van der Waals surface area contributed by atoms with Gasteiger partial charge in [-0.05, 0) is 19.1 Å². The summed E-state index contributed by atoms with van der Waals surface area (Å²) < 4.78 is 13.0. The standard InChI is InChI=1S/C8H8BrFS/c1-5(9)8-6(10)3-2-4-7(8)11/h2-5,11H,1H3. The second kappa shape index (κ2) is 3.59. The van der Waals surface area contributed by atoms with Crippen LogP contribution in [0.2, 0.25) is 0 Å². The molecule has 1 rings (SSSR count). The van der Waals surface area contributed by atoms with Crippen LogP contribution >= 0.6 is 28.6 Å². The Hall–Kier alpha value is -0.0200. The van der Waals surface area contributed by atoms with Crippen molar-refractivity contribution in [2.24, 2.45) is 0 Å². The fourth-order valence-corrected chi connectivity index (χ4v) is 1.95. The van der Waals surface area contributed by atoms with Gasteiger partial charge in [-0.2, -0.15) is 0 Å². The lowest BCUT2D eigenvalue weighted by atomic mass is 10.1. The quantitative estimate of drug-likeness (QED) is 0.558. The number of hydrogen-bond donors (Lipinski definition) is 1. The van der Waals surface area contributed by atoms with E-state index in [-0.39, 0.29) is 10.6 Å². The van der Waals surface area contributed by atoms with E-state index in [1.54, 1.807) is 12.1 Å². The van der Waals surface area contributed by atoms with Crippen molar-refractivity contribution in [1.82, 2.24) is 0 Å². The molecule has 11 heavy (non-hydrogen) atoms. The average Bonchev–Trinajstić information content (AvgIpc) is 1.85. The molecule has 0 N–H and O–H groups in total. The fraction of sp³-hybridized carbons (Fsp3) is 0.250. The molecule has 1 aromatic carbocycles. The van der Waals surface area contributed by atoms with Crippen LogP contribution in [0.3, 0.4) is 0 Å². The van der Waals surface area contributed by atoms with Crippen LogP contribution in [0.15, 0.2) is 23.1 Å². The summed E-state index contributed by atoms with van der Waals surface area (Å²) in [6.45, 7) is 1.87. The molecule has 60 valence electrons. The Kier molecular flexibility index (Phi) is 2.96. The molecular formula is C8H8BrFS. The summed E-state index contributed by atoms with van der Waals surface area (Å²) in [7, 11) is 0. The van der Waals surface area contributed by atoms with E-state index < -0.39 is 0 Å². The lowest BCUT2D eigenvalue weighted by molar-refractivity contribution is 0.606. The number of hydrogen-bond acceptors (Lipinski definition) is 1. The van der Waals surface area contributed by atoms with E-state index in [0.717, 1.165) is 0 Å². The van der Waals surface area contributed by atoms with E-state index in [9.17, 15) is 4.39 Å². The first-order valence-electron chi connectivity index (χ1n) is 3.24.